The summed E-state index contributed by atoms with van der Waals surface area (Å²) in [5.41, 5.74) is 0.771. The fraction of sp³-hybridized carbons (Fsp3) is 0.650. The van der Waals surface area contributed by atoms with Crippen molar-refractivity contribution in [1.29, 1.82) is 0 Å². The number of benzene rings is 1. The first kappa shape index (κ1) is 25.2. The van der Waals surface area contributed by atoms with Crippen LogP contribution in [0.5, 0.6) is 5.75 Å². The van der Waals surface area contributed by atoms with E-state index in [1.54, 1.807) is 0 Å². The maximum Gasteiger partial charge on any atom is 0.211 e. The van der Waals surface area contributed by atoms with Crippen molar-refractivity contribution in [1.82, 2.24) is 14.9 Å². The molecule has 8 nitrogen and oxygen atoms in total. The second-order valence-electron chi connectivity index (χ2n) is 7.01. The Kier molecular flexibility index (Phi) is 11.0. The van der Waals surface area contributed by atoms with Gasteiger partial charge in [0, 0.05) is 26.2 Å². The van der Waals surface area contributed by atoms with Gasteiger partial charge in [-0.15, -0.1) is 0 Å². The Hall–Kier alpha value is -1.84. The highest BCUT2D eigenvalue weighted by Crippen LogP contribution is 2.19. The van der Waals surface area contributed by atoms with Crippen LogP contribution in [0.1, 0.15) is 45.8 Å². The third kappa shape index (κ3) is 9.96. The van der Waals surface area contributed by atoms with Crippen LogP contribution in [0.25, 0.3) is 0 Å². The van der Waals surface area contributed by atoms with Gasteiger partial charge in [-0.3, -0.25) is 4.99 Å². The molecule has 166 valence electrons. The van der Waals surface area contributed by atoms with E-state index in [9.17, 15) is 13.5 Å². The van der Waals surface area contributed by atoms with Gasteiger partial charge < -0.3 is 20.5 Å². The SMILES string of the molecule is CCNC(=NCC(O)c1ccc(OC(C)C)cc1)NCCCN(CC)S(C)(=O)=O. The number of ether oxygens (including phenoxy) is 1. The van der Waals surface area contributed by atoms with Crippen LogP contribution in [0.15, 0.2) is 29.3 Å². The van der Waals surface area contributed by atoms with Gasteiger partial charge in [-0.1, -0.05) is 19.1 Å². The Morgan fingerprint density at radius 2 is 1.86 bits per heavy atom. The molecule has 0 spiro atoms. The molecule has 1 aromatic rings. The molecule has 0 aromatic heterocycles. The summed E-state index contributed by atoms with van der Waals surface area (Å²) in [5, 5.41) is 16.7. The van der Waals surface area contributed by atoms with E-state index in [1.165, 1.54) is 10.6 Å². The topological polar surface area (TPSA) is 103 Å². The van der Waals surface area contributed by atoms with Crippen molar-refractivity contribution >= 4 is 16.0 Å². The molecule has 9 heteroatoms. The molecule has 0 aliphatic carbocycles. The predicted molar refractivity (Wildman–Crippen MR) is 118 cm³/mol. The minimum atomic E-state index is -3.17. The summed E-state index contributed by atoms with van der Waals surface area (Å²) in [6.07, 6.45) is 1.26. The van der Waals surface area contributed by atoms with Crippen molar-refractivity contribution in [2.75, 3.05) is 39.0 Å². The lowest BCUT2D eigenvalue weighted by molar-refractivity contribution is 0.186. The zero-order valence-corrected chi connectivity index (χ0v) is 19.0. The van der Waals surface area contributed by atoms with Crippen molar-refractivity contribution in [3.05, 3.63) is 29.8 Å². The summed E-state index contributed by atoms with van der Waals surface area (Å²) in [5.74, 6) is 1.36. The van der Waals surface area contributed by atoms with Crippen LogP contribution in [-0.2, 0) is 10.0 Å². The number of nitrogens with zero attached hydrogens (tertiary/aromatic N) is 2. The van der Waals surface area contributed by atoms with Crippen LogP contribution in [0.3, 0.4) is 0 Å². The number of sulfonamides is 1. The van der Waals surface area contributed by atoms with Gasteiger partial charge in [0.1, 0.15) is 5.75 Å². The van der Waals surface area contributed by atoms with Crippen molar-refractivity contribution in [3.63, 3.8) is 0 Å². The van der Waals surface area contributed by atoms with Crippen LogP contribution in [0, 0.1) is 0 Å². The lowest BCUT2D eigenvalue weighted by atomic mass is 10.1. The Morgan fingerprint density at radius 3 is 2.38 bits per heavy atom. The van der Waals surface area contributed by atoms with E-state index in [1.807, 2.05) is 52.0 Å². The third-order valence-electron chi connectivity index (χ3n) is 4.10. The summed E-state index contributed by atoms with van der Waals surface area (Å²) >= 11 is 0. The number of hydrogen-bond acceptors (Lipinski definition) is 5. The summed E-state index contributed by atoms with van der Waals surface area (Å²) in [7, 11) is -3.17. The highest BCUT2D eigenvalue weighted by Gasteiger charge is 2.13. The molecule has 0 fully saturated rings. The van der Waals surface area contributed by atoms with Crippen LogP contribution >= 0.6 is 0 Å². The molecular weight excluding hydrogens is 392 g/mol. The largest absolute Gasteiger partial charge is 0.491 e. The number of hydrogen-bond donors (Lipinski definition) is 3. The van der Waals surface area contributed by atoms with E-state index < -0.39 is 16.1 Å². The predicted octanol–water partition coefficient (Wildman–Crippen LogP) is 1.73. The van der Waals surface area contributed by atoms with Crippen LogP contribution < -0.4 is 15.4 Å². The number of aliphatic imine (C=N–C) groups is 1. The molecule has 0 bridgehead atoms. The second kappa shape index (κ2) is 12.7. The number of aliphatic hydroxyl groups excluding tert-OH is 1. The molecule has 0 aliphatic heterocycles. The number of nitrogens with one attached hydrogen (secondary N) is 2. The molecule has 1 atom stereocenters. The fourth-order valence-electron chi connectivity index (χ4n) is 2.69. The van der Waals surface area contributed by atoms with Gasteiger partial charge in [0.05, 0.1) is 25.0 Å². The van der Waals surface area contributed by atoms with Crippen LogP contribution in [-0.4, -0.2) is 68.9 Å². The monoisotopic (exact) mass is 428 g/mol. The average molecular weight is 429 g/mol. The van der Waals surface area contributed by atoms with E-state index in [2.05, 4.69) is 15.6 Å². The van der Waals surface area contributed by atoms with Crippen molar-refractivity contribution < 1.29 is 18.3 Å². The molecule has 0 saturated carbocycles. The first-order valence-corrected chi connectivity index (χ1v) is 11.9. The fourth-order valence-corrected chi connectivity index (χ4v) is 3.62. The van der Waals surface area contributed by atoms with Gasteiger partial charge in [0.15, 0.2) is 5.96 Å². The molecule has 29 heavy (non-hydrogen) atoms. The molecule has 1 unspecified atom stereocenters. The van der Waals surface area contributed by atoms with Crippen LogP contribution in [0.4, 0.5) is 0 Å². The first-order chi connectivity index (χ1) is 13.7. The van der Waals surface area contributed by atoms with Gasteiger partial charge >= 0.3 is 0 Å². The Bertz CT molecular complexity index is 721. The van der Waals surface area contributed by atoms with Gasteiger partial charge in [0.25, 0.3) is 0 Å². The highest BCUT2D eigenvalue weighted by molar-refractivity contribution is 7.88. The number of rotatable bonds is 12. The minimum Gasteiger partial charge on any atom is -0.491 e. The van der Waals surface area contributed by atoms with Gasteiger partial charge in [-0.25, -0.2) is 12.7 Å². The van der Waals surface area contributed by atoms with Crippen molar-refractivity contribution in [3.8, 4) is 5.75 Å². The first-order valence-electron chi connectivity index (χ1n) is 10.1. The molecule has 1 rings (SSSR count). The molecule has 0 heterocycles. The summed E-state index contributed by atoms with van der Waals surface area (Å²) in [4.78, 5) is 4.43. The molecule has 0 radical (unpaired) electrons. The molecular formula is C20H36N4O4S. The average Bonchev–Trinajstić information content (AvgIpc) is 2.64. The quantitative estimate of drug-likeness (QED) is 0.266. The maximum atomic E-state index is 11.6. The second-order valence-corrected chi connectivity index (χ2v) is 8.99. The Labute approximate surface area is 175 Å². The zero-order valence-electron chi connectivity index (χ0n) is 18.2. The molecule has 0 aliphatic rings. The van der Waals surface area contributed by atoms with E-state index in [0.29, 0.717) is 38.6 Å². The van der Waals surface area contributed by atoms with Gasteiger partial charge in [-0.05, 0) is 44.9 Å². The maximum absolute atomic E-state index is 11.6. The van der Waals surface area contributed by atoms with Gasteiger partial charge in [0.2, 0.25) is 10.0 Å². The minimum absolute atomic E-state index is 0.103. The lowest BCUT2D eigenvalue weighted by Gasteiger charge is -2.18. The van der Waals surface area contributed by atoms with E-state index in [-0.39, 0.29) is 12.6 Å². The summed E-state index contributed by atoms with van der Waals surface area (Å²) in [6.45, 7) is 10.1. The van der Waals surface area contributed by atoms with E-state index in [4.69, 9.17) is 4.74 Å². The van der Waals surface area contributed by atoms with E-state index in [0.717, 1.165) is 11.3 Å². The molecule has 3 N–H and O–H groups in total. The van der Waals surface area contributed by atoms with Crippen molar-refractivity contribution in [2.45, 2.75) is 46.3 Å². The zero-order chi connectivity index (χ0) is 21.9. The molecule has 0 amide bonds. The lowest BCUT2D eigenvalue weighted by Crippen LogP contribution is -2.39. The third-order valence-corrected chi connectivity index (χ3v) is 5.48. The van der Waals surface area contributed by atoms with Crippen LogP contribution in [0.2, 0.25) is 0 Å². The summed E-state index contributed by atoms with van der Waals surface area (Å²) in [6, 6.07) is 7.35. The summed E-state index contributed by atoms with van der Waals surface area (Å²) < 4.78 is 30.3. The Morgan fingerprint density at radius 1 is 1.21 bits per heavy atom. The molecule has 1 aromatic carbocycles. The normalized spacial score (nSPS) is 13.6. The standard InChI is InChI=1S/C20H36N4O4S/c1-6-21-20(22-13-8-14-24(7-2)29(5,26)27)23-15-19(25)17-9-11-18(12-10-17)28-16(3)4/h9-12,16,19,25H,6-8,13-15H2,1-5H3,(H2,21,22,23). The number of guanidine groups is 1. The smallest absolute Gasteiger partial charge is 0.211 e. The van der Waals surface area contributed by atoms with Crippen molar-refractivity contribution in [2.24, 2.45) is 4.99 Å². The number of aliphatic hydroxyl groups is 1. The van der Waals surface area contributed by atoms with E-state index >= 15 is 0 Å². The highest BCUT2D eigenvalue weighted by atomic mass is 32.2. The Balaban J connectivity index is 2.55. The molecule has 0 saturated heterocycles. The van der Waals surface area contributed by atoms with Gasteiger partial charge in [-0.2, -0.15) is 0 Å².